The number of rotatable bonds is 1. The van der Waals surface area contributed by atoms with Crippen LogP contribution in [-0.4, -0.2) is 0 Å². The Morgan fingerprint density at radius 3 is 2.62 bits per heavy atom. The summed E-state index contributed by atoms with van der Waals surface area (Å²) in [5, 5.41) is 0. The average Bonchev–Trinajstić information content (AvgIpc) is 2.26. The van der Waals surface area contributed by atoms with Crippen molar-refractivity contribution in [3.8, 4) is 0 Å². The zero-order valence-corrected chi connectivity index (χ0v) is 9.22. The van der Waals surface area contributed by atoms with Gasteiger partial charge in [0.15, 0.2) is 0 Å². The zero-order chi connectivity index (χ0) is 9.22. The van der Waals surface area contributed by atoms with E-state index in [0.29, 0.717) is 0 Å². The molecule has 0 amide bonds. The molecule has 0 aromatic carbocycles. The quantitative estimate of drug-likeness (QED) is 0.574. The largest absolute Gasteiger partial charge is 0.0651 e. The molecule has 0 N–H and O–H groups in total. The molecule has 0 radical (unpaired) electrons. The molecule has 3 aliphatic rings. The van der Waals surface area contributed by atoms with Crippen molar-refractivity contribution in [3.63, 3.8) is 0 Å². The van der Waals surface area contributed by atoms with Crippen molar-refractivity contribution in [2.75, 3.05) is 0 Å². The van der Waals surface area contributed by atoms with Gasteiger partial charge in [-0.2, -0.15) is 0 Å². The van der Waals surface area contributed by atoms with Gasteiger partial charge in [0.05, 0.1) is 0 Å². The summed E-state index contributed by atoms with van der Waals surface area (Å²) in [5.41, 5.74) is 0.801. The van der Waals surface area contributed by atoms with Crippen molar-refractivity contribution in [2.24, 2.45) is 35.0 Å². The second kappa shape index (κ2) is 2.32. The van der Waals surface area contributed by atoms with E-state index in [-0.39, 0.29) is 0 Å². The maximum Gasteiger partial charge on any atom is -0.0261 e. The van der Waals surface area contributed by atoms with E-state index < -0.39 is 0 Å². The summed E-state index contributed by atoms with van der Waals surface area (Å²) in [4.78, 5) is 0. The summed E-state index contributed by atoms with van der Waals surface area (Å²) >= 11 is 0. The van der Waals surface area contributed by atoms with Crippen molar-refractivity contribution in [3.05, 3.63) is 0 Å². The fourth-order valence-corrected chi connectivity index (χ4v) is 5.26. The monoisotopic (exact) mass is 178 g/mol. The first-order chi connectivity index (χ1) is 6.16. The predicted octanol–water partition coefficient (Wildman–Crippen LogP) is 3.71. The Balaban J connectivity index is 1.91. The molecule has 6 atom stereocenters. The first kappa shape index (κ1) is 8.32. The molecule has 0 nitrogen and oxygen atoms in total. The van der Waals surface area contributed by atoms with Crippen LogP contribution in [0.5, 0.6) is 0 Å². The van der Waals surface area contributed by atoms with E-state index in [1.807, 2.05) is 0 Å². The van der Waals surface area contributed by atoms with Crippen molar-refractivity contribution >= 4 is 0 Å². The third kappa shape index (κ3) is 0.789. The molecule has 0 heterocycles. The Kier molecular flexibility index (Phi) is 1.49. The van der Waals surface area contributed by atoms with Gasteiger partial charge in [0.25, 0.3) is 0 Å². The van der Waals surface area contributed by atoms with Crippen LogP contribution in [0.4, 0.5) is 0 Å². The molecule has 3 rings (SSSR count). The average molecular weight is 178 g/mol. The van der Waals surface area contributed by atoms with Crippen LogP contribution >= 0.6 is 0 Å². The molecule has 74 valence electrons. The summed E-state index contributed by atoms with van der Waals surface area (Å²) in [6.45, 7) is 7.49. The van der Waals surface area contributed by atoms with Crippen LogP contribution in [0, 0.1) is 35.0 Å². The molecule has 3 saturated carbocycles. The van der Waals surface area contributed by atoms with E-state index in [2.05, 4.69) is 20.8 Å². The lowest BCUT2D eigenvalue weighted by atomic mass is 9.47. The molecule has 0 aliphatic heterocycles. The van der Waals surface area contributed by atoms with Crippen LogP contribution in [0.25, 0.3) is 0 Å². The highest BCUT2D eigenvalue weighted by Gasteiger charge is 2.64. The van der Waals surface area contributed by atoms with E-state index in [9.17, 15) is 0 Å². The second-order valence-electron chi connectivity index (χ2n) is 6.18. The van der Waals surface area contributed by atoms with E-state index in [0.717, 1.165) is 35.0 Å². The molecule has 0 aromatic heterocycles. The van der Waals surface area contributed by atoms with Crippen LogP contribution in [0.3, 0.4) is 0 Å². The molecule has 0 aromatic rings. The summed E-state index contributed by atoms with van der Waals surface area (Å²) < 4.78 is 0. The van der Waals surface area contributed by atoms with E-state index >= 15 is 0 Å². The Morgan fingerprint density at radius 2 is 1.92 bits per heavy atom. The Labute approximate surface area is 82.1 Å². The maximum absolute atomic E-state index is 2.58. The minimum absolute atomic E-state index is 0.801. The summed E-state index contributed by atoms with van der Waals surface area (Å²) in [7, 11) is 0. The first-order valence-electron chi connectivity index (χ1n) is 6.16. The Hall–Kier alpha value is 0. The lowest BCUT2D eigenvalue weighted by Gasteiger charge is -2.58. The predicted molar refractivity (Wildman–Crippen MR) is 55.4 cm³/mol. The molecule has 2 bridgehead atoms. The number of hydrogen-bond acceptors (Lipinski definition) is 0. The lowest BCUT2D eigenvalue weighted by Crippen LogP contribution is -2.52. The van der Waals surface area contributed by atoms with E-state index in [1.165, 1.54) is 6.42 Å². The van der Waals surface area contributed by atoms with Gasteiger partial charge in [-0.1, -0.05) is 27.2 Å². The first-order valence-corrected chi connectivity index (χ1v) is 6.16. The summed E-state index contributed by atoms with van der Waals surface area (Å²) in [5.74, 6) is 5.47. The number of fused-ring (bicyclic) bond motifs is 1. The molecule has 6 unspecified atom stereocenters. The fourth-order valence-electron chi connectivity index (χ4n) is 5.26. The van der Waals surface area contributed by atoms with Gasteiger partial charge in [-0.15, -0.1) is 0 Å². The van der Waals surface area contributed by atoms with Gasteiger partial charge in [0.2, 0.25) is 0 Å². The van der Waals surface area contributed by atoms with Crippen LogP contribution < -0.4 is 0 Å². The number of hydrogen-bond donors (Lipinski definition) is 0. The molecular formula is C13H22. The molecule has 0 heteroatoms. The second-order valence-corrected chi connectivity index (χ2v) is 6.18. The van der Waals surface area contributed by atoms with Crippen molar-refractivity contribution in [2.45, 2.75) is 46.5 Å². The Morgan fingerprint density at radius 1 is 1.23 bits per heavy atom. The normalized spacial score (nSPS) is 63.5. The van der Waals surface area contributed by atoms with Gasteiger partial charge in [-0.05, 0) is 54.3 Å². The van der Waals surface area contributed by atoms with Gasteiger partial charge >= 0.3 is 0 Å². The molecule has 3 aliphatic carbocycles. The van der Waals surface area contributed by atoms with Gasteiger partial charge < -0.3 is 0 Å². The minimum Gasteiger partial charge on any atom is -0.0651 e. The molecule has 13 heavy (non-hydrogen) atoms. The third-order valence-electron chi connectivity index (χ3n) is 5.97. The molecule has 0 spiro atoms. The van der Waals surface area contributed by atoms with Crippen LogP contribution in [0.1, 0.15) is 46.5 Å². The van der Waals surface area contributed by atoms with E-state index in [1.54, 1.807) is 19.3 Å². The van der Waals surface area contributed by atoms with Crippen molar-refractivity contribution < 1.29 is 0 Å². The molecule has 3 fully saturated rings. The minimum atomic E-state index is 0.801. The topological polar surface area (TPSA) is 0 Å². The molecular weight excluding hydrogens is 156 g/mol. The highest BCUT2D eigenvalue weighted by molar-refractivity contribution is 5.13. The smallest absolute Gasteiger partial charge is 0.0261 e. The standard InChI is InChI=1S/C13H22/c1-4-9-5-11-8(2)12-6-10(9)7-13(11,12)3/h8-12H,4-7H2,1-3H3. The highest BCUT2D eigenvalue weighted by atomic mass is 14.7. The van der Waals surface area contributed by atoms with Gasteiger partial charge in [-0.25, -0.2) is 0 Å². The summed E-state index contributed by atoms with van der Waals surface area (Å²) in [6, 6.07) is 0. The van der Waals surface area contributed by atoms with Crippen LogP contribution in [0.15, 0.2) is 0 Å². The van der Waals surface area contributed by atoms with Crippen LogP contribution in [0.2, 0.25) is 0 Å². The highest BCUT2D eigenvalue weighted by Crippen LogP contribution is 2.72. The lowest BCUT2D eigenvalue weighted by molar-refractivity contribution is -0.0990. The van der Waals surface area contributed by atoms with Crippen molar-refractivity contribution in [1.29, 1.82) is 0 Å². The SMILES string of the molecule is CCC1CC2C(C)C3CC1CC23C. The van der Waals surface area contributed by atoms with Crippen LogP contribution in [-0.2, 0) is 0 Å². The van der Waals surface area contributed by atoms with Gasteiger partial charge in [0.1, 0.15) is 0 Å². The van der Waals surface area contributed by atoms with E-state index in [4.69, 9.17) is 0 Å². The van der Waals surface area contributed by atoms with Gasteiger partial charge in [-0.3, -0.25) is 0 Å². The van der Waals surface area contributed by atoms with Crippen molar-refractivity contribution in [1.82, 2.24) is 0 Å². The Bertz CT molecular complexity index is 232. The van der Waals surface area contributed by atoms with Gasteiger partial charge in [0, 0.05) is 0 Å². The third-order valence-corrected chi connectivity index (χ3v) is 5.97. The molecule has 0 saturated heterocycles. The maximum atomic E-state index is 2.58. The zero-order valence-electron chi connectivity index (χ0n) is 9.22. The fraction of sp³-hybridized carbons (Fsp3) is 1.00. The summed E-state index contributed by atoms with van der Waals surface area (Å²) in [6.07, 6.45) is 6.16.